The highest BCUT2D eigenvalue weighted by Crippen LogP contribution is 2.32. The quantitative estimate of drug-likeness (QED) is 0.716. The van der Waals surface area contributed by atoms with Crippen molar-refractivity contribution in [1.29, 1.82) is 0 Å². The Balaban J connectivity index is 3.34. The molecule has 0 aromatic heterocycles. The van der Waals surface area contributed by atoms with Gasteiger partial charge in [0.05, 0.1) is 11.3 Å². The molecule has 0 spiro atoms. The summed E-state index contributed by atoms with van der Waals surface area (Å²) in [7, 11) is -4.09. The van der Waals surface area contributed by atoms with Crippen LogP contribution in [0.5, 0.6) is 0 Å². The number of alkyl halides is 3. The second-order valence-corrected chi connectivity index (χ2v) is 4.33. The summed E-state index contributed by atoms with van der Waals surface area (Å²) >= 11 is 0. The molecule has 0 amide bonds. The molecule has 1 rings (SSSR count). The largest absolute Gasteiger partial charge is 0.416 e. The van der Waals surface area contributed by atoms with Gasteiger partial charge in [0.15, 0.2) is 0 Å². The predicted octanol–water partition coefficient (Wildman–Crippen LogP) is 0.935. The number of nitrogen functional groups attached to an aromatic ring is 1. The van der Waals surface area contributed by atoms with Crippen molar-refractivity contribution >= 4 is 15.7 Å². The van der Waals surface area contributed by atoms with Crippen LogP contribution in [0.15, 0.2) is 23.1 Å². The molecule has 1 aromatic rings. The minimum absolute atomic E-state index is 0.518. The van der Waals surface area contributed by atoms with Gasteiger partial charge in [-0.2, -0.15) is 13.2 Å². The molecular weight excluding hydrogens is 233 g/mol. The number of benzene rings is 1. The summed E-state index contributed by atoms with van der Waals surface area (Å²) in [4.78, 5) is -0.518. The lowest BCUT2D eigenvalue weighted by atomic mass is 10.2. The lowest BCUT2D eigenvalue weighted by Crippen LogP contribution is -2.15. The normalized spacial score (nSPS) is 12.8. The highest BCUT2D eigenvalue weighted by Gasteiger charge is 2.31. The van der Waals surface area contributed by atoms with Crippen LogP contribution < -0.4 is 10.9 Å². The Morgan fingerprint density at radius 3 is 2.07 bits per heavy atom. The highest BCUT2D eigenvalue weighted by atomic mass is 32.2. The summed E-state index contributed by atoms with van der Waals surface area (Å²) < 4.78 is 58.1. The van der Waals surface area contributed by atoms with Crippen molar-refractivity contribution < 1.29 is 21.6 Å². The van der Waals surface area contributed by atoms with Gasteiger partial charge in [-0.05, 0) is 18.2 Å². The standard InChI is InChI=1S/C7H7F3N2O2S/c8-7(9,10)4-1-2-6(5(11)3-4)15(12,13)14/h1-3H,11H2,(H2,12,13,14). The molecule has 0 aliphatic heterocycles. The first kappa shape index (κ1) is 11.8. The first-order chi connectivity index (χ1) is 6.62. The molecule has 1 aromatic carbocycles. The summed E-state index contributed by atoms with van der Waals surface area (Å²) in [6.45, 7) is 0. The Bertz CT molecular complexity index is 481. The second-order valence-electron chi connectivity index (χ2n) is 2.80. The van der Waals surface area contributed by atoms with Crippen LogP contribution in [0.1, 0.15) is 5.56 Å². The van der Waals surface area contributed by atoms with Gasteiger partial charge in [0, 0.05) is 0 Å². The van der Waals surface area contributed by atoms with Crippen LogP contribution in [-0.4, -0.2) is 8.42 Å². The van der Waals surface area contributed by atoms with Crippen LogP contribution in [0.3, 0.4) is 0 Å². The molecule has 8 heteroatoms. The second kappa shape index (κ2) is 3.38. The van der Waals surface area contributed by atoms with Crippen molar-refractivity contribution in [3.63, 3.8) is 0 Å². The first-order valence-electron chi connectivity index (χ1n) is 3.62. The third-order valence-corrected chi connectivity index (χ3v) is 2.63. The van der Waals surface area contributed by atoms with E-state index < -0.39 is 32.3 Å². The molecule has 0 saturated heterocycles. The Hall–Kier alpha value is -1.28. The Morgan fingerprint density at radius 2 is 1.73 bits per heavy atom. The van der Waals surface area contributed by atoms with Crippen LogP contribution in [0.25, 0.3) is 0 Å². The lowest BCUT2D eigenvalue weighted by molar-refractivity contribution is -0.137. The summed E-state index contributed by atoms with van der Waals surface area (Å²) in [5, 5.41) is 4.73. The molecule has 84 valence electrons. The molecule has 0 unspecified atom stereocenters. The maximum atomic E-state index is 12.2. The number of rotatable bonds is 1. The molecule has 4 nitrogen and oxygen atoms in total. The third-order valence-electron chi connectivity index (χ3n) is 1.64. The Morgan fingerprint density at radius 1 is 1.20 bits per heavy atom. The average molecular weight is 240 g/mol. The van der Waals surface area contributed by atoms with E-state index in [1.807, 2.05) is 0 Å². The van der Waals surface area contributed by atoms with Crippen LogP contribution >= 0.6 is 0 Å². The van der Waals surface area contributed by atoms with Crippen LogP contribution in [0.2, 0.25) is 0 Å². The smallest absolute Gasteiger partial charge is 0.398 e. The Labute approximate surface area is 83.7 Å². The zero-order chi connectivity index (χ0) is 11.9. The molecule has 15 heavy (non-hydrogen) atoms. The van der Waals surface area contributed by atoms with E-state index >= 15 is 0 Å². The topological polar surface area (TPSA) is 86.2 Å². The number of hydrogen-bond donors (Lipinski definition) is 2. The number of sulfonamides is 1. The summed E-state index contributed by atoms with van der Waals surface area (Å²) in [5.41, 5.74) is 3.60. The predicted molar refractivity (Wildman–Crippen MR) is 47.2 cm³/mol. The SMILES string of the molecule is Nc1cc(C(F)(F)F)ccc1S(N)(=O)=O. The first-order valence-corrected chi connectivity index (χ1v) is 5.16. The van der Waals surface area contributed by atoms with E-state index in [0.29, 0.717) is 12.1 Å². The molecule has 0 bridgehead atoms. The number of hydrogen-bond acceptors (Lipinski definition) is 3. The molecule has 0 fully saturated rings. The number of nitrogens with two attached hydrogens (primary N) is 2. The third kappa shape index (κ3) is 2.60. The van der Waals surface area contributed by atoms with Crippen molar-refractivity contribution in [2.24, 2.45) is 5.14 Å². The van der Waals surface area contributed by atoms with Crippen molar-refractivity contribution in [1.82, 2.24) is 0 Å². The van der Waals surface area contributed by atoms with Gasteiger partial charge in [-0.25, -0.2) is 13.6 Å². The van der Waals surface area contributed by atoms with Gasteiger partial charge >= 0.3 is 6.18 Å². The van der Waals surface area contributed by atoms with E-state index in [2.05, 4.69) is 0 Å². The van der Waals surface area contributed by atoms with Gasteiger partial charge in [0.25, 0.3) is 0 Å². The fourth-order valence-electron chi connectivity index (χ4n) is 0.984. The number of anilines is 1. The highest BCUT2D eigenvalue weighted by molar-refractivity contribution is 7.89. The Kier molecular flexibility index (Phi) is 2.66. The van der Waals surface area contributed by atoms with E-state index in [-0.39, 0.29) is 0 Å². The number of primary sulfonamides is 1. The fraction of sp³-hybridized carbons (Fsp3) is 0.143. The number of halogens is 3. The van der Waals surface area contributed by atoms with E-state index in [1.165, 1.54) is 0 Å². The monoisotopic (exact) mass is 240 g/mol. The summed E-state index contributed by atoms with van der Waals surface area (Å²) in [6, 6.07) is 1.86. The van der Waals surface area contributed by atoms with Crippen molar-refractivity contribution in [2.45, 2.75) is 11.1 Å². The van der Waals surface area contributed by atoms with Gasteiger partial charge in [0.1, 0.15) is 4.90 Å². The minimum atomic E-state index is -4.56. The fourth-order valence-corrected chi connectivity index (χ4v) is 1.63. The molecular formula is C7H7F3N2O2S. The van der Waals surface area contributed by atoms with Crippen molar-refractivity contribution in [2.75, 3.05) is 5.73 Å². The molecule has 0 radical (unpaired) electrons. The van der Waals surface area contributed by atoms with Crippen LogP contribution in [0.4, 0.5) is 18.9 Å². The summed E-state index contributed by atoms with van der Waals surface area (Å²) in [6.07, 6.45) is -4.56. The van der Waals surface area contributed by atoms with E-state index in [4.69, 9.17) is 10.9 Å². The van der Waals surface area contributed by atoms with Gasteiger partial charge < -0.3 is 5.73 Å². The van der Waals surface area contributed by atoms with E-state index in [9.17, 15) is 21.6 Å². The molecule has 0 atom stereocenters. The molecule has 0 heterocycles. The lowest BCUT2D eigenvalue weighted by Gasteiger charge is -2.09. The van der Waals surface area contributed by atoms with Gasteiger partial charge in [-0.1, -0.05) is 0 Å². The molecule has 0 aliphatic rings. The minimum Gasteiger partial charge on any atom is -0.398 e. The molecule has 0 aliphatic carbocycles. The van der Waals surface area contributed by atoms with Crippen molar-refractivity contribution in [3.05, 3.63) is 23.8 Å². The van der Waals surface area contributed by atoms with Gasteiger partial charge in [-0.15, -0.1) is 0 Å². The van der Waals surface area contributed by atoms with Gasteiger partial charge in [-0.3, -0.25) is 0 Å². The van der Waals surface area contributed by atoms with Crippen LogP contribution in [0, 0.1) is 0 Å². The molecule has 4 N–H and O–H groups in total. The van der Waals surface area contributed by atoms with E-state index in [1.54, 1.807) is 0 Å². The van der Waals surface area contributed by atoms with Crippen LogP contribution in [-0.2, 0) is 16.2 Å². The van der Waals surface area contributed by atoms with Gasteiger partial charge in [0.2, 0.25) is 10.0 Å². The van der Waals surface area contributed by atoms with Crippen molar-refractivity contribution in [3.8, 4) is 0 Å². The average Bonchev–Trinajstić information content (AvgIpc) is 1.99. The zero-order valence-corrected chi connectivity index (χ0v) is 8.06. The van der Waals surface area contributed by atoms with E-state index in [0.717, 1.165) is 6.07 Å². The molecule has 0 saturated carbocycles. The summed E-state index contributed by atoms with van der Waals surface area (Å²) in [5.74, 6) is 0. The maximum Gasteiger partial charge on any atom is 0.416 e. The zero-order valence-electron chi connectivity index (χ0n) is 7.25. The maximum absolute atomic E-state index is 12.2.